The number of sulfonamides is 1. The molecule has 0 saturated heterocycles. The average Bonchev–Trinajstić information content (AvgIpc) is 3.01. The molecule has 25 heavy (non-hydrogen) atoms. The van der Waals surface area contributed by atoms with Crippen molar-refractivity contribution in [3.63, 3.8) is 0 Å². The molecule has 0 unspecified atom stereocenters. The third kappa shape index (κ3) is 3.03. The Balaban J connectivity index is 1.53. The Morgan fingerprint density at radius 1 is 1.24 bits per heavy atom. The molecule has 4 rings (SSSR count). The zero-order chi connectivity index (χ0) is 17.7. The normalized spacial score (nSPS) is 22.9. The van der Waals surface area contributed by atoms with E-state index >= 15 is 0 Å². The molecule has 0 bridgehead atoms. The number of nitrogens with one attached hydrogen (secondary N) is 1. The first kappa shape index (κ1) is 16.5. The number of nitrogens with zero attached hydrogens (tertiary/aromatic N) is 1. The highest BCUT2D eigenvalue weighted by Gasteiger charge is 2.53. The van der Waals surface area contributed by atoms with Gasteiger partial charge in [0, 0.05) is 11.5 Å². The molecular weight excluding hydrogens is 356 g/mol. The molecule has 1 saturated carbocycles. The van der Waals surface area contributed by atoms with Crippen LogP contribution in [0.4, 0.5) is 0 Å². The lowest BCUT2D eigenvalue weighted by Crippen LogP contribution is -2.29. The van der Waals surface area contributed by atoms with Crippen LogP contribution in [0.15, 0.2) is 57.3 Å². The minimum absolute atomic E-state index is 0.0885. The summed E-state index contributed by atoms with van der Waals surface area (Å²) in [6, 6.07) is 13.3. The third-order valence-corrected chi connectivity index (χ3v) is 7.68. The fourth-order valence-corrected chi connectivity index (χ4v) is 5.57. The Labute approximate surface area is 150 Å². The maximum atomic E-state index is 12.7. The van der Waals surface area contributed by atoms with Crippen LogP contribution in [0.25, 0.3) is 10.8 Å². The van der Waals surface area contributed by atoms with Crippen molar-refractivity contribution in [3.05, 3.63) is 60.0 Å². The van der Waals surface area contributed by atoms with Gasteiger partial charge in [0.15, 0.2) is 0 Å². The van der Waals surface area contributed by atoms with Gasteiger partial charge in [-0.1, -0.05) is 37.3 Å². The van der Waals surface area contributed by atoms with Crippen LogP contribution in [0.5, 0.6) is 0 Å². The van der Waals surface area contributed by atoms with Gasteiger partial charge in [-0.2, -0.15) is 0 Å². The number of hydrogen-bond acceptors (Lipinski definition) is 5. The molecule has 1 aliphatic rings. The van der Waals surface area contributed by atoms with E-state index in [1.807, 2.05) is 30.3 Å². The fraction of sp³-hybridized carbons (Fsp3) is 0.278. The summed E-state index contributed by atoms with van der Waals surface area (Å²) in [4.78, 5) is 4.85. The number of rotatable bonds is 5. The van der Waals surface area contributed by atoms with Crippen LogP contribution >= 0.6 is 11.3 Å². The van der Waals surface area contributed by atoms with Crippen LogP contribution in [0, 0.1) is 6.92 Å². The number of benzene rings is 1. The van der Waals surface area contributed by atoms with Crippen molar-refractivity contribution in [1.29, 1.82) is 0 Å². The van der Waals surface area contributed by atoms with Gasteiger partial charge < -0.3 is 4.42 Å². The van der Waals surface area contributed by atoms with Crippen LogP contribution in [-0.2, 0) is 15.4 Å². The van der Waals surface area contributed by atoms with Crippen LogP contribution in [0.1, 0.15) is 24.7 Å². The highest BCUT2D eigenvalue weighted by atomic mass is 32.2. The van der Waals surface area contributed by atoms with Crippen molar-refractivity contribution in [1.82, 2.24) is 9.71 Å². The van der Waals surface area contributed by atoms with Crippen molar-refractivity contribution in [2.24, 2.45) is 0 Å². The first-order valence-electron chi connectivity index (χ1n) is 7.99. The highest BCUT2D eigenvalue weighted by Crippen LogP contribution is 2.48. The topological polar surface area (TPSA) is 72.2 Å². The molecule has 2 heterocycles. The number of thiophene rings is 1. The summed E-state index contributed by atoms with van der Waals surface area (Å²) in [5, 5.41) is 0. The number of oxazole rings is 1. The number of aryl methyl sites for hydroxylation is 1. The number of aromatic nitrogens is 1. The smallest absolute Gasteiger partial charge is 0.250 e. The van der Waals surface area contributed by atoms with Gasteiger partial charge in [-0.3, -0.25) is 0 Å². The van der Waals surface area contributed by atoms with Crippen molar-refractivity contribution in [3.8, 4) is 10.8 Å². The van der Waals surface area contributed by atoms with E-state index in [1.165, 1.54) is 11.3 Å². The van der Waals surface area contributed by atoms with Gasteiger partial charge in [0.1, 0.15) is 9.97 Å². The van der Waals surface area contributed by atoms with E-state index < -0.39 is 10.0 Å². The fourth-order valence-electron chi connectivity index (χ4n) is 2.97. The van der Waals surface area contributed by atoms with E-state index in [9.17, 15) is 8.42 Å². The zero-order valence-corrected chi connectivity index (χ0v) is 15.5. The Kier molecular flexibility index (Phi) is 3.82. The Morgan fingerprint density at radius 3 is 2.68 bits per heavy atom. The molecular formula is C18H18N2O3S2. The molecule has 130 valence electrons. The maximum absolute atomic E-state index is 12.7. The van der Waals surface area contributed by atoms with E-state index in [2.05, 4.69) is 16.6 Å². The molecule has 7 heteroatoms. The highest BCUT2D eigenvalue weighted by molar-refractivity contribution is 7.91. The van der Waals surface area contributed by atoms with Gasteiger partial charge in [0.2, 0.25) is 15.9 Å². The molecule has 0 amide bonds. The molecule has 1 N–H and O–H groups in total. The van der Waals surface area contributed by atoms with Crippen molar-refractivity contribution >= 4 is 21.4 Å². The second-order valence-electron chi connectivity index (χ2n) is 6.56. The second-order valence-corrected chi connectivity index (χ2v) is 9.58. The van der Waals surface area contributed by atoms with Crippen molar-refractivity contribution < 1.29 is 12.8 Å². The van der Waals surface area contributed by atoms with E-state index in [1.54, 1.807) is 25.3 Å². The molecule has 1 fully saturated rings. The van der Waals surface area contributed by atoms with E-state index in [4.69, 9.17) is 4.42 Å². The lowest BCUT2D eigenvalue weighted by Gasteiger charge is -2.12. The molecule has 2 atom stereocenters. The second kappa shape index (κ2) is 5.79. The maximum Gasteiger partial charge on any atom is 0.250 e. The third-order valence-electron chi connectivity index (χ3n) is 4.65. The van der Waals surface area contributed by atoms with Crippen LogP contribution in [0.2, 0.25) is 0 Å². The van der Waals surface area contributed by atoms with Gasteiger partial charge in [-0.15, -0.1) is 11.3 Å². The molecule has 1 aromatic carbocycles. The van der Waals surface area contributed by atoms with Crippen LogP contribution in [-0.4, -0.2) is 19.4 Å². The molecule has 0 aliphatic heterocycles. The summed E-state index contributed by atoms with van der Waals surface area (Å²) in [6.45, 7) is 3.89. The zero-order valence-electron chi connectivity index (χ0n) is 13.9. The quantitative estimate of drug-likeness (QED) is 0.739. The predicted octanol–water partition coefficient (Wildman–Crippen LogP) is 3.72. The summed E-state index contributed by atoms with van der Waals surface area (Å²) in [5.74, 6) is 1.15. The van der Waals surface area contributed by atoms with E-state index in [-0.39, 0.29) is 15.7 Å². The summed E-state index contributed by atoms with van der Waals surface area (Å²) >= 11 is 1.17. The molecule has 0 spiro atoms. The summed E-state index contributed by atoms with van der Waals surface area (Å²) in [7, 11) is -3.56. The monoisotopic (exact) mass is 374 g/mol. The van der Waals surface area contributed by atoms with Crippen LogP contribution in [0.3, 0.4) is 0 Å². The Hall–Kier alpha value is -1.96. The first-order valence-corrected chi connectivity index (χ1v) is 10.3. The standard InChI is InChI=1S/C18H18N2O3S2/c1-12-11-19-17(23-12)14-8-9-16(24-14)25(21,22)20-15-10-18(15,2)13-6-4-3-5-7-13/h3-9,11,15,20H,10H2,1-2H3/t15-,18+/m0/s1. The van der Waals surface area contributed by atoms with E-state index in [0.717, 1.165) is 12.0 Å². The predicted molar refractivity (Wildman–Crippen MR) is 97.1 cm³/mol. The van der Waals surface area contributed by atoms with Gasteiger partial charge in [-0.05, 0) is 31.0 Å². The summed E-state index contributed by atoms with van der Waals surface area (Å²) < 4.78 is 34.0. The molecule has 3 aromatic rings. The lowest BCUT2D eigenvalue weighted by molar-refractivity contribution is 0.544. The van der Waals surface area contributed by atoms with Gasteiger partial charge in [0.25, 0.3) is 0 Å². The molecule has 2 aromatic heterocycles. The van der Waals surface area contributed by atoms with Crippen LogP contribution < -0.4 is 4.72 Å². The molecule has 5 nitrogen and oxygen atoms in total. The largest absolute Gasteiger partial charge is 0.441 e. The summed E-state index contributed by atoms with van der Waals surface area (Å²) in [6.07, 6.45) is 2.42. The summed E-state index contributed by atoms with van der Waals surface area (Å²) in [5.41, 5.74) is 1.01. The number of hydrogen-bond donors (Lipinski definition) is 1. The minimum Gasteiger partial charge on any atom is -0.441 e. The van der Waals surface area contributed by atoms with Gasteiger partial charge in [0.05, 0.1) is 11.1 Å². The SMILES string of the molecule is Cc1cnc(-c2ccc(S(=O)(=O)N[C@H]3C[C@]3(C)c3ccccc3)s2)o1. The first-order chi connectivity index (χ1) is 11.9. The van der Waals surface area contributed by atoms with Crippen molar-refractivity contribution in [2.45, 2.75) is 35.9 Å². The Morgan fingerprint density at radius 2 is 2.00 bits per heavy atom. The van der Waals surface area contributed by atoms with E-state index in [0.29, 0.717) is 16.5 Å². The lowest BCUT2D eigenvalue weighted by atomic mass is 9.98. The average molecular weight is 374 g/mol. The van der Waals surface area contributed by atoms with Crippen molar-refractivity contribution in [2.75, 3.05) is 0 Å². The van der Waals surface area contributed by atoms with Gasteiger partial charge >= 0.3 is 0 Å². The minimum atomic E-state index is -3.56. The molecule has 1 aliphatic carbocycles. The Bertz CT molecular complexity index is 1010. The molecule has 0 radical (unpaired) electrons. The van der Waals surface area contributed by atoms with Gasteiger partial charge in [-0.25, -0.2) is 18.1 Å².